The van der Waals surface area contributed by atoms with Crippen molar-refractivity contribution in [3.05, 3.63) is 0 Å². The Morgan fingerprint density at radius 1 is 0.720 bits per heavy atom. The van der Waals surface area contributed by atoms with Crippen LogP contribution in [0.1, 0.15) is 73.6 Å². The molecule has 4 rings (SSSR count). The molecule has 10 unspecified atom stereocenters. The second-order valence-electron chi connectivity index (χ2n) is 9.62. The smallest absolute Gasteiger partial charge is 0.0608 e. The molecule has 146 valence electrons. The third-order valence-corrected chi connectivity index (χ3v) is 8.64. The van der Waals surface area contributed by atoms with Gasteiger partial charge in [-0.25, -0.2) is 0 Å². The normalized spacial score (nSPS) is 51.1. The van der Waals surface area contributed by atoms with E-state index in [4.69, 9.17) is 9.47 Å². The van der Waals surface area contributed by atoms with E-state index in [0.29, 0.717) is 12.2 Å². The molecule has 0 N–H and O–H groups in total. The maximum Gasteiger partial charge on any atom is 0.0608 e. The molecule has 2 aliphatic heterocycles. The predicted molar refractivity (Wildman–Crippen MR) is 105 cm³/mol. The van der Waals surface area contributed by atoms with Crippen LogP contribution in [-0.4, -0.2) is 25.4 Å². The molecule has 0 radical (unpaired) electrons. The summed E-state index contributed by atoms with van der Waals surface area (Å²) in [6, 6.07) is 0. The van der Waals surface area contributed by atoms with E-state index in [1.54, 1.807) is 0 Å². The lowest BCUT2D eigenvalue weighted by atomic mass is 9.54. The molecule has 4 aliphatic rings. The van der Waals surface area contributed by atoms with Crippen LogP contribution in [0.3, 0.4) is 0 Å². The number of rotatable bonds is 3. The monoisotopic (exact) mass is 350 g/mol. The van der Waals surface area contributed by atoms with Gasteiger partial charge in [-0.2, -0.15) is 0 Å². The number of fused-ring (bicyclic) bond motifs is 2. The van der Waals surface area contributed by atoms with Crippen molar-refractivity contribution in [2.75, 3.05) is 13.2 Å². The Kier molecular flexibility index (Phi) is 6.53. The van der Waals surface area contributed by atoms with Gasteiger partial charge in [-0.3, -0.25) is 0 Å². The highest BCUT2D eigenvalue weighted by molar-refractivity contribution is 4.98. The lowest BCUT2D eigenvalue weighted by Crippen LogP contribution is -2.53. The lowest BCUT2D eigenvalue weighted by molar-refractivity contribution is -0.162. The van der Waals surface area contributed by atoms with Gasteiger partial charge in [0, 0.05) is 13.2 Å². The summed E-state index contributed by atoms with van der Waals surface area (Å²) in [6.07, 6.45) is 7.70. The first kappa shape index (κ1) is 19.7. The van der Waals surface area contributed by atoms with E-state index in [-0.39, 0.29) is 0 Å². The maximum atomic E-state index is 5.93. The van der Waals surface area contributed by atoms with Gasteiger partial charge in [-0.05, 0) is 73.5 Å². The van der Waals surface area contributed by atoms with Gasteiger partial charge in [0.25, 0.3) is 0 Å². The zero-order chi connectivity index (χ0) is 18.1. The number of ether oxygens (including phenoxy) is 2. The maximum absolute atomic E-state index is 5.93. The van der Waals surface area contributed by atoms with Crippen molar-refractivity contribution >= 4 is 0 Å². The molecule has 0 amide bonds. The van der Waals surface area contributed by atoms with E-state index >= 15 is 0 Å². The molecule has 2 heteroatoms. The molecule has 2 aliphatic carbocycles. The van der Waals surface area contributed by atoms with Gasteiger partial charge in [-0.15, -0.1) is 0 Å². The Bertz CT molecular complexity index is 418. The molecule has 2 saturated heterocycles. The molecule has 4 fully saturated rings. The molecular formula is C23H42O2. The fourth-order valence-corrected chi connectivity index (χ4v) is 6.62. The minimum Gasteiger partial charge on any atom is -0.378 e. The molecule has 0 bridgehead atoms. The molecule has 2 nitrogen and oxygen atoms in total. The summed E-state index contributed by atoms with van der Waals surface area (Å²) >= 11 is 0. The van der Waals surface area contributed by atoms with Crippen LogP contribution in [0, 0.1) is 47.3 Å². The van der Waals surface area contributed by atoms with Crippen LogP contribution in [0.5, 0.6) is 0 Å². The average Bonchev–Trinajstić information content (AvgIpc) is 2.65. The topological polar surface area (TPSA) is 18.5 Å². The van der Waals surface area contributed by atoms with Crippen LogP contribution in [0.25, 0.3) is 0 Å². The van der Waals surface area contributed by atoms with Crippen molar-refractivity contribution in [3.8, 4) is 0 Å². The van der Waals surface area contributed by atoms with Crippen molar-refractivity contribution in [2.45, 2.75) is 85.9 Å². The molecule has 2 heterocycles. The van der Waals surface area contributed by atoms with Gasteiger partial charge in [0.05, 0.1) is 12.2 Å². The Hall–Kier alpha value is -0.0800. The van der Waals surface area contributed by atoms with Crippen LogP contribution in [0.15, 0.2) is 0 Å². The number of unbranched alkanes of at least 4 members (excludes halogenated alkanes) is 1. The van der Waals surface area contributed by atoms with Crippen molar-refractivity contribution in [1.82, 2.24) is 0 Å². The van der Waals surface area contributed by atoms with E-state index in [2.05, 4.69) is 41.5 Å². The molecule has 2 saturated carbocycles. The summed E-state index contributed by atoms with van der Waals surface area (Å²) in [6.45, 7) is 16.1. The summed E-state index contributed by atoms with van der Waals surface area (Å²) < 4.78 is 11.6. The van der Waals surface area contributed by atoms with Gasteiger partial charge in [0.15, 0.2) is 0 Å². The quantitative estimate of drug-likeness (QED) is 0.640. The van der Waals surface area contributed by atoms with Crippen molar-refractivity contribution in [3.63, 3.8) is 0 Å². The van der Waals surface area contributed by atoms with Gasteiger partial charge in [0.2, 0.25) is 0 Å². The van der Waals surface area contributed by atoms with E-state index in [0.717, 1.165) is 60.6 Å². The van der Waals surface area contributed by atoms with Gasteiger partial charge < -0.3 is 9.47 Å². The van der Waals surface area contributed by atoms with Crippen LogP contribution in [-0.2, 0) is 9.47 Å². The van der Waals surface area contributed by atoms with E-state index in [1.807, 2.05) is 0 Å². The number of hydrogen-bond donors (Lipinski definition) is 0. The third-order valence-electron chi connectivity index (χ3n) is 8.64. The molecule has 25 heavy (non-hydrogen) atoms. The Balaban J connectivity index is 0.000000150. The lowest BCUT2D eigenvalue weighted by Gasteiger charge is -2.55. The first-order valence-electron chi connectivity index (χ1n) is 11.2. The Morgan fingerprint density at radius 3 is 1.88 bits per heavy atom. The highest BCUT2D eigenvalue weighted by atomic mass is 16.5. The fraction of sp³-hybridized carbons (Fsp3) is 1.00. The first-order valence-corrected chi connectivity index (χ1v) is 11.2. The minimum atomic E-state index is 0.528. The molecular weight excluding hydrogens is 308 g/mol. The summed E-state index contributed by atoms with van der Waals surface area (Å²) in [5.41, 5.74) is 0. The first-order chi connectivity index (χ1) is 12.0. The van der Waals surface area contributed by atoms with Crippen molar-refractivity contribution in [1.29, 1.82) is 0 Å². The van der Waals surface area contributed by atoms with Crippen LogP contribution in [0.2, 0.25) is 0 Å². The molecule has 0 aromatic rings. The largest absolute Gasteiger partial charge is 0.378 e. The van der Waals surface area contributed by atoms with E-state index < -0.39 is 0 Å². The highest BCUT2D eigenvalue weighted by Gasteiger charge is 2.50. The van der Waals surface area contributed by atoms with Crippen LogP contribution >= 0.6 is 0 Å². The fourth-order valence-electron chi connectivity index (χ4n) is 6.62. The second kappa shape index (κ2) is 8.30. The standard InChI is InChI=1S/C13H24O.C10H18O/c1-4-5-6-12-13-10(3)9(2)11(13)7-8-14-12;1-6-7(2)10-8(3)11-5-4-9(6)10/h9-13H,4-8H2,1-3H3;6-10H,4-5H2,1-3H3. The summed E-state index contributed by atoms with van der Waals surface area (Å²) in [7, 11) is 0. The highest BCUT2D eigenvalue weighted by Crippen LogP contribution is 2.53. The average molecular weight is 351 g/mol. The summed E-state index contributed by atoms with van der Waals surface area (Å²) in [5.74, 6) is 7.44. The Morgan fingerprint density at radius 2 is 1.28 bits per heavy atom. The molecule has 0 aromatic heterocycles. The van der Waals surface area contributed by atoms with Gasteiger partial charge in [-0.1, -0.05) is 47.5 Å². The van der Waals surface area contributed by atoms with Gasteiger partial charge >= 0.3 is 0 Å². The zero-order valence-electron chi connectivity index (χ0n) is 17.5. The zero-order valence-corrected chi connectivity index (χ0v) is 17.5. The van der Waals surface area contributed by atoms with Crippen LogP contribution in [0.4, 0.5) is 0 Å². The molecule has 0 aromatic carbocycles. The molecule has 0 spiro atoms. The van der Waals surface area contributed by atoms with E-state index in [9.17, 15) is 0 Å². The summed E-state index contributed by atoms with van der Waals surface area (Å²) in [5, 5.41) is 0. The minimum absolute atomic E-state index is 0.528. The summed E-state index contributed by atoms with van der Waals surface area (Å²) in [4.78, 5) is 0. The second-order valence-corrected chi connectivity index (χ2v) is 9.62. The SMILES string of the molecule is CC1OCCC2C(C)C(C)C12.CCCCC1OCCC2C(C)C(C)C12. The van der Waals surface area contributed by atoms with Crippen LogP contribution < -0.4 is 0 Å². The third kappa shape index (κ3) is 3.68. The Labute approximate surface area is 156 Å². The molecule has 10 atom stereocenters. The van der Waals surface area contributed by atoms with E-state index in [1.165, 1.54) is 32.1 Å². The van der Waals surface area contributed by atoms with Gasteiger partial charge in [0.1, 0.15) is 0 Å². The van der Waals surface area contributed by atoms with Crippen molar-refractivity contribution < 1.29 is 9.47 Å². The van der Waals surface area contributed by atoms with Crippen molar-refractivity contribution in [2.24, 2.45) is 47.3 Å². The number of hydrogen-bond acceptors (Lipinski definition) is 2. The predicted octanol–water partition coefficient (Wildman–Crippen LogP) is 5.80.